The zero-order valence-corrected chi connectivity index (χ0v) is 12.0. The Hall–Kier alpha value is -2.04. The van der Waals surface area contributed by atoms with Gasteiger partial charge in [0.05, 0.1) is 0 Å². The summed E-state index contributed by atoms with van der Waals surface area (Å²) in [5, 5.41) is 30.9. The summed E-state index contributed by atoms with van der Waals surface area (Å²) in [4.78, 5) is 2.06. The average Bonchev–Trinajstić information content (AvgIpc) is 2.59. The fourth-order valence-electron chi connectivity index (χ4n) is 3.04. The van der Waals surface area contributed by atoms with Gasteiger partial charge in [-0.3, -0.25) is 0 Å². The summed E-state index contributed by atoms with van der Waals surface area (Å²) in [7, 11) is 1.96. The molecule has 0 aromatic heterocycles. The van der Waals surface area contributed by atoms with Crippen molar-refractivity contribution in [2.75, 3.05) is 20.1 Å². The summed E-state index contributed by atoms with van der Waals surface area (Å²) in [5.41, 5.74) is 1.10. The van der Waals surface area contributed by atoms with Gasteiger partial charge >= 0.3 is 0 Å². The molecule has 0 saturated heterocycles. The smallest absolute Gasteiger partial charge is 0.157 e. The molecule has 110 valence electrons. The van der Waals surface area contributed by atoms with Gasteiger partial charge in [-0.15, -0.1) is 0 Å². The lowest BCUT2D eigenvalue weighted by Crippen LogP contribution is -2.39. The monoisotopic (exact) mass is 285 g/mol. The predicted molar refractivity (Wildman–Crippen MR) is 80.4 cm³/mol. The van der Waals surface area contributed by atoms with E-state index in [0.29, 0.717) is 12.1 Å². The predicted octanol–water partition coefficient (Wildman–Crippen LogP) is 1.82. The Bertz CT molecular complexity index is 657. The maximum atomic E-state index is 11.3. The van der Waals surface area contributed by atoms with Gasteiger partial charge < -0.3 is 20.2 Å². The van der Waals surface area contributed by atoms with E-state index >= 15 is 0 Å². The fraction of sp³-hybridized carbons (Fsp3) is 0.294. The highest BCUT2D eigenvalue weighted by atomic mass is 16.3. The number of hydrogen-bond acceptors (Lipinski definition) is 4. The quantitative estimate of drug-likeness (QED) is 0.699. The molecule has 0 fully saturated rings. The molecule has 1 heterocycles. The second kappa shape index (κ2) is 5.06. The summed E-state index contributed by atoms with van der Waals surface area (Å²) < 4.78 is 0. The first-order valence-corrected chi connectivity index (χ1v) is 7.02. The number of β-amino-alcohol motifs (C(OH)–C–C–N with tert-alkyl or cyclic N) is 1. The van der Waals surface area contributed by atoms with E-state index < -0.39 is 5.60 Å². The van der Waals surface area contributed by atoms with Gasteiger partial charge in [0.2, 0.25) is 0 Å². The van der Waals surface area contributed by atoms with Crippen LogP contribution in [-0.2, 0) is 12.0 Å². The molecule has 0 aliphatic carbocycles. The Kier molecular flexibility index (Phi) is 3.35. The summed E-state index contributed by atoms with van der Waals surface area (Å²) in [6.07, 6.45) is 0.717. The molecule has 3 rings (SSSR count). The van der Waals surface area contributed by atoms with Crippen molar-refractivity contribution in [1.82, 2.24) is 4.90 Å². The first-order valence-electron chi connectivity index (χ1n) is 7.02. The van der Waals surface area contributed by atoms with Gasteiger partial charge in [0.1, 0.15) is 5.60 Å². The van der Waals surface area contributed by atoms with Crippen LogP contribution >= 0.6 is 0 Å². The van der Waals surface area contributed by atoms with E-state index in [4.69, 9.17) is 0 Å². The minimum absolute atomic E-state index is 0.145. The molecule has 0 bridgehead atoms. The van der Waals surface area contributed by atoms with E-state index in [-0.39, 0.29) is 11.5 Å². The van der Waals surface area contributed by atoms with Crippen molar-refractivity contribution in [3.8, 4) is 11.5 Å². The Morgan fingerprint density at radius 3 is 2.43 bits per heavy atom. The second-order valence-corrected chi connectivity index (χ2v) is 5.71. The zero-order valence-electron chi connectivity index (χ0n) is 12.0. The molecule has 0 spiro atoms. The molecule has 4 heteroatoms. The molecule has 2 aromatic rings. The normalized spacial score (nSPS) is 22.6. The summed E-state index contributed by atoms with van der Waals surface area (Å²) in [6, 6.07) is 12.5. The molecule has 0 amide bonds. The number of likely N-dealkylation sites (N-methyl/N-ethyl adjacent to an activating group) is 1. The molecule has 1 unspecified atom stereocenters. The first kappa shape index (κ1) is 13.9. The van der Waals surface area contributed by atoms with Crippen molar-refractivity contribution >= 4 is 0 Å². The molecule has 3 N–H and O–H groups in total. The third-order valence-corrected chi connectivity index (χ3v) is 4.16. The Morgan fingerprint density at radius 2 is 1.71 bits per heavy atom. The Morgan fingerprint density at radius 1 is 1.05 bits per heavy atom. The van der Waals surface area contributed by atoms with Gasteiger partial charge in [-0.25, -0.2) is 0 Å². The van der Waals surface area contributed by atoms with Gasteiger partial charge in [-0.05, 0) is 42.3 Å². The third-order valence-electron chi connectivity index (χ3n) is 4.16. The van der Waals surface area contributed by atoms with Crippen LogP contribution in [0.2, 0.25) is 0 Å². The minimum atomic E-state index is -1.20. The molecule has 2 aromatic carbocycles. The van der Waals surface area contributed by atoms with Crippen molar-refractivity contribution in [2.24, 2.45) is 0 Å². The topological polar surface area (TPSA) is 63.9 Å². The van der Waals surface area contributed by atoms with Crippen LogP contribution in [0.15, 0.2) is 42.5 Å². The molecule has 21 heavy (non-hydrogen) atoms. The second-order valence-electron chi connectivity index (χ2n) is 5.71. The largest absolute Gasteiger partial charge is 0.504 e. The van der Waals surface area contributed by atoms with Crippen molar-refractivity contribution < 1.29 is 15.3 Å². The minimum Gasteiger partial charge on any atom is -0.504 e. The van der Waals surface area contributed by atoms with Crippen LogP contribution in [0.4, 0.5) is 0 Å². The van der Waals surface area contributed by atoms with Gasteiger partial charge in [0.15, 0.2) is 11.5 Å². The maximum Gasteiger partial charge on any atom is 0.157 e. The Labute approximate surface area is 123 Å². The number of benzene rings is 2. The fourth-order valence-corrected chi connectivity index (χ4v) is 3.04. The number of nitrogens with zero attached hydrogens (tertiary/aromatic N) is 1. The zero-order chi connectivity index (χ0) is 15.0. The summed E-state index contributed by atoms with van der Waals surface area (Å²) in [6.45, 7) is 1.22. The van der Waals surface area contributed by atoms with Crippen molar-refractivity contribution in [2.45, 2.75) is 12.0 Å². The molecule has 1 aliphatic heterocycles. The van der Waals surface area contributed by atoms with Crippen LogP contribution in [0.25, 0.3) is 0 Å². The highest BCUT2D eigenvalue weighted by Gasteiger charge is 2.37. The molecule has 4 nitrogen and oxygen atoms in total. The highest BCUT2D eigenvalue weighted by molar-refractivity contribution is 5.51. The SMILES string of the molecule is CN1CCc2cc(O)c(O)cc2C(O)(c2ccccc2)C1. The highest BCUT2D eigenvalue weighted by Crippen LogP contribution is 2.39. The van der Waals surface area contributed by atoms with Crippen LogP contribution in [0.5, 0.6) is 11.5 Å². The van der Waals surface area contributed by atoms with Crippen molar-refractivity contribution in [3.05, 3.63) is 59.2 Å². The molecular weight excluding hydrogens is 266 g/mol. The molecule has 0 saturated carbocycles. The van der Waals surface area contributed by atoms with E-state index in [1.54, 1.807) is 6.07 Å². The number of fused-ring (bicyclic) bond motifs is 1. The van der Waals surface area contributed by atoms with E-state index in [1.165, 1.54) is 6.07 Å². The van der Waals surface area contributed by atoms with E-state index in [1.807, 2.05) is 37.4 Å². The average molecular weight is 285 g/mol. The van der Waals surface area contributed by atoms with Crippen LogP contribution in [0, 0.1) is 0 Å². The van der Waals surface area contributed by atoms with Gasteiger partial charge in [-0.1, -0.05) is 30.3 Å². The lowest BCUT2D eigenvalue weighted by atomic mass is 9.83. The van der Waals surface area contributed by atoms with E-state index in [0.717, 1.165) is 24.1 Å². The summed E-state index contributed by atoms with van der Waals surface area (Å²) >= 11 is 0. The van der Waals surface area contributed by atoms with Crippen molar-refractivity contribution in [3.63, 3.8) is 0 Å². The lowest BCUT2D eigenvalue weighted by molar-refractivity contribution is 0.0490. The molecule has 1 aliphatic rings. The first-order chi connectivity index (χ1) is 10.0. The Balaban J connectivity index is 2.22. The van der Waals surface area contributed by atoms with Crippen LogP contribution in [-0.4, -0.2) is 40.4 Å². The van der Waals surface area contributed by atoms with Gasteiger partial charge in [0.25, 0.3) is 0 Å². The van der Waals surface area contributed by atoms with Crippen LogP contribution in [0.1, 0.15) is 16.7 Å². The number of aliphatic hydroxyl groups is 1. The molecule has 0 radical (unpaired) electrons. The van der Waals surface area contributed by atoms with Crippen molar-refractivity contribution in [1.29, 1.82) is 0 Å². The standard InChI is InChI=1S/C17H19NO3/c1-18-8-7-12-9-15(19)16(20)10-14(12)17(21,11-18)13-5-3-2-4-6-13/h2-6,9-10,19-21H,7-8,11H2,1H3. The van der Waals surface area contributed by atoms with Gasteiger partial charge in [-0.2, -0.15) is 0 Å². The number of phenolic OH excluding ortho intramolecular Hbond substituents is 2. The third kappa shape index (κ3) is 2.37. The van der Waals surface area contributed by atoms with E-state index in [2.05, 4.69) is 4.90 Å². The van der Waals surface area contributed by atoms with E-state index in [9.17, 15) is 15.3 Å². The van der Waals surface area contributed by atoms with Crippen LogP contribution < -0.4 is 0 Å². The number of aromatic hydroxyl groups is 2. The van der Waals surface area contributed by atoms with Gasteiger partial charge in [0, 0.05) is 13.1 Å². The summed E-state index contributed by atoms with van der Waals surface area (Å²) in [5.74, 6) is -0.346. The number of phenols is 2. The lowest BCUT2D eigenvalue weighted by Gasteiger charge is -2.32. The molecular formula is C17H19NO3. The molecule has 1 atom stereocenters. The van der Waals surface area contributed by atoms with Crippen LogP contribution in [0.3, 0.4) is 0 Å². The maximum absolute atomic E-state index is 11.3. The number of hydrogen-bond donors (Lipinski definition) is 3. The number of rotatable bonds is 1.